The van der Waals surface area contributed by atoms with Gasteiger partial charge in [-0.15, -0.1) is 11.3 Å². The van der Waals surface area contributed by atoms with Crippen LogP contribution in [0, 0.1) is 0 Å². The fourth-order valence-corrected chi connectivity index (χ4v) is 1.89. The Labute approximate surface area is 80.8 Å². The summed E-state index contributed by atoms with van der Waals surface area (Å²) in [6.07, 6.45) is 3.81. The molecule has 0 aromatic carbocycles. The summed E-state index contributed by atoms with van der Waals surface area (Å²) in [5.41, 5.74) is 6.40. The SMILES string of the molecule is NCc1cn(Cc2cccs2)cn1. The van der Waals surface area contributed by atoms with Crippen molar-refractivity contribution in [2.75, 3.05) is 0 Å². The summed E-state index contributed by atoms with van der Waals surface area (Å²) < 4.78 is 2.05. The van der Waals surface area contributed by atoms with E-state index in [9.17, 15) is 0 Å². The van der Waals surface area contributed by atoms with Gasteiger partial charge in [-0.2, -0.15) is 0 Å². The molecule has 0 atom stereocenters. The van der Waals surface area contributed by atoms with Crippen LogP contribution >= 0.6 is 11.3 Å². The maximum absolute atomic E-state index is 5.46. The molecular weight excluding hydrogens is 182 g/mol. The molecule has 2 aromatic heterocycles. The van der Waals surface area contributed by atoms with Crippen LogP contribution in [0.15, 0.2) is 30.0 Å². The standard InChI is InChI=1S/C9H11N3S/c10-4-8-5-12(7-11-8)6-9-2-1-3-13-9/h1-3,5,7H,4,6,10H2. The molecule has 2 rings (SSSR count). The second-order valence-corrected chi connectivity index (χ2v) is 3.85. The summed E-state index contributed by atoms with van der Waals surface area (Å²) in [5.74, 6) is 0. The van der Waals surface area contributed by atoms with Crippen LogP contribution in [0.5, 0.6) is 0 Å². The zero-order valence-electron chi connectivity index (χ0n) is 7.18. The number of hydrogen-bond acceptors (Lipinski definition) is 3. The van der Waals surface area contributed by atoms with E-state index in [1.165, 1.54) is 4.88 Å². The van der Waals surface area contributed by atoms with Crippen LogP contribution in [-0.4, -0.2) is 9.55 Å². The van der Waals surface area contributed by atoms with Gasteiger partial charge in [-0.05, 0) is 11.4 Å². The maximum atomic E-state index is 5.46. The molecule has 0 aliphatic rings. The first-order chi connectivity index (χ1) is 6.38. The Bertz CT molecular complexity index is 364. The van der Waals surface area contributed by atoms with Crippen molar-refractivity contribution in [3.05, 3.63) is 40.6 Å². The molecule has 0 saturated carbocycles. The van der Waals surface area contributed by atoms with Gasteiger partial charge in [-0.25, -0.2) is 4.98 Å². The monoisotopic (exact) mass is 193 g/mol. The molecule has 0 aliphatic heterocycles. The van der Waals surface area contributed by atoms with Gasteiger partial charge in [0.15, 0.2) is 0 Å². The molecule has 0 amide bonds. The van der Waals surface area contributed by atoms with E-state index in [-0.39, 0.29) is 0 Å². The normalized spacial score (nSPS) is 10.5. The van der Waals surface area contributed by atoms with E-state index in [0.717, 1.165) is 12.2 Å². The van der Waals surface area contributed by atoms with Gasteiger partial charge in [0.25, 0.3) is 0 Å². The van der Waals surface area contributed by atoms with Crippen LogP contribution in [0.3, 0.4) is 0 Å². The Kier molecular flexibility index (Phi) is 2.42. The molecule has 0 spiro atoms. The van der Waals surface area contributed by atoms with Gasteiger partial charge in [0.1, 0.15) is 0 Å². The summed E-state index contributed by atoms with van der Waals surface area (Å²) in [7, 11) is 0. The predicted octanol–water partition coefficient (Wildman–Crippen LogP) is 1.45. The summed E-state index contributed by atoms with van der Waals surface area (Å²) in [6.45, 7) is 1.40. The van der Waals surface area contributed by atoms with Crippen LogP contribution in [0.1, 0.15) is 10.6 Å². The highest BCUT2D eigenvalue weighted by Gasteiger charge is 1.97. The minimum Gasteiger partial charge on any atom is -0.332 e. The minimum atomic E-state index is 0.511. The quantitative estimate of drug-likeness (QED) is 0.801. The largest absolute Gasteiger partial charge is 0.332 e. The highest BCUT2D eigenvalue weighted by Crippen LogP contribution is 2.10. The zero-order valence-corrected chi connectivity index (χ0v) is 8.00. The Morgan fingerprint density at radius 3 is 3.08 bits per heavy atom. The van der Waals surface area contributed by atoms with Crippen molar-refractivity contribution in [2.45, 2.75) is 13.1 Å². The van der Waals surface area contributed by atoms with Crippen LogP contribution in [-0.2, 0) is 13.1 Å². The second kappa shape index (κ2) is 3.72. The topological polar surface area (TPSA) is 43.8 Å². The van der Waals surface area contributed by atoms with Gasteiger partial charge in [0, 0.05) is 17.6 Å². The molecule has 4 heteroatoms. The van der Waals surface area contributed by atoms with Crippen molar-refractivity contribution in [1.82, 2.24) is 9.55 Å². The van der Waals surface area contributed by atoms with Crippen LogP contribution in [0.4, 0.5) is 0 Å². The van der Waals surface area contributed by atoms with E-state index >= 15 is 0 Å². The lowest BCUT2D eigenvalue weighted by Crippen LogP contribution is -1.96. The third-order valence-electron chi connectivity index (χ3n) is 1.81. The predicted molar refractivity (Wildman–Crippen MR) is 53.5 cm³/mol. The average Bonchev–Trinajstić information content (AvgIpc) is 2.76. The van der Waals surface area contributed by atoms with Gasteiger partial charge < -0.3 is 10.3 Å². The number of imidazole rings is 1. The smallest absolute Gasteiger partial charge is 0.0953 e. The first-order valence-electron chi connectivity index (χ1n) is 4.11. The summed E-state index contributed by atoms with van der Waals surface area (Å²) in [5, 5.41) is 2.08. The number of rotatable bonds is 3. The molecule has 68 valence electrons. The summed E-state index contributed by atoms with van der Waals surface area (Å²) in [4.78, 5) is 5.49. The van der Waals surface area contributed by atoms with E-state index < -0.39 is 0 Å². The molecule has 2 heterocycles. The number of thiophene rings is 1. The van der Waals surface area contributed by atoms with Gasteiger partial charge in [-0.3, -0.25) is 0 Å². The number of aromatic nitrogens is 2. The summed E-state index contributed by atoms with van der Waals surface area (Å²) >= 11 is 1.75. The lowest BCUT2D eigenvalue weighted by atomic mass is 10.4. The van der Waals surface area contributed by atoms with Gasteiger partial charge in [0.2, 0.25) is 0 Å². The molecule has 2 aromatic rings. The molecular formula is C9H11N3S. The molecule has 0 unspecified atom stereocenters. The molecule has 0 fully saturated rings. The van der Waals surface area contributed by atoms with Crippen molar-refractivity contribution in [3.63, 3.8) is 0 Å². The molecule has 0 bridgehead atoms. The van der Waals surface area contributed by atoms with E-state index in [0.29, 0.717) is 6.54 Å². The molecule has 0 radical (unpaired) electrons. The van der Waals surface area contributed by atoms with Crippen LogP contribution in [0.2, 0.25) is 0 Å². The van der Waals surface area contributed by atoms with Crippen molar-refractivity contribution < 1.29 is 0 Å². The average molecular weight is 193 g/mol. The highest BCUT2D eigenvalue weighted by molar-refractivity contribution is 7.09. The van der Waals surface area contributed by atoms with E-state index in [1.807, 2.05) is 17.1 Å². The lowest BCUT2D eigenvalue weighted by molar-refractivity contribution is 0.808. The van der Waals surface area contributed by atoms with E-state index in [4.69, 9.17) is 5.73 Å². The lowest BCUT2D eigenvalue weighted by Gasteiger charge is -1.96. The highest BCUT2D eigenvalue weighted by atomic mass is 32.1. The van der Waals surface area contributed by atoms with Crippen molar-refractivity contribution >= 4 is 11.3 Å². The Hall–Kier alpha value is -1.13. The first kappa shape index (κ1) is 8.47. The molecule has 0 aliphatic carbocycles. The van der Waals surface area contributed by atoms with E-state index in [1.54, 1.807) is 11.3 Å². The van der Waals surface area contributed by atoms with Gasteiger partial charge in [0.05, 0.1) is 18.6 Å². The molecule has 0 saturated heterocycles. The fraction of sp³-hybridized carbons (Fsp3) is 0.222. The summed E-state index contributed by atoms with van der Waals surface area (Å²) in [6, 6.07) is 4.17. The zero-order chi connectivity index (χ0) is 9.10. The van der Waals surface area contributed by atoms with Crippen molar-refractivity contribution in [1.29, 1.82) is 0 Å². The van der Waals surface area contributed by atoms with E-state index in [2.05, 4.69) is 22.5 Å². The third-order valence-corrected chi connectivity index (χ3v) is 2.68. The first-order valence-corrected chi connectivity index (χ1v) is 4.99. The van der Waals surface area contributed by atoms with Gasteiger partial charge >= 0.3 is 0 Å². The maximum Gasteiger partial charge on any atom is 0.0953 e. The van der Waals surface area contributed by atoms with Crippen molar-refractivity contribution in [3.8, 4) is 0 Å². The minimum absolute atomic E-state index is 0.511. The molecule has 2 N–H and O–H groups in total. The van der Waals surface area contributed by atoms with Crippen LogP contribution in [0.25, 0.3) is 0 Å². The number of hydrogen-bond donors (Lipinski definition) is 1. The molecule has 3 nitrogen and oxygen atoms in total. The molecule has 13 heavy (non-hydrogen) atoms. The number of nitrogens with zero attached hydrogens (tertiary/aromatic N) is 2. The van der Waals surface area contributed by atoms with Crippen molar-refractivity contribution in [2.24, 2.45) is 5.73 Å². The van der Waals surface area contributed by atoms with Crippen LogP contribution < -0.4 is 5.73 Å². The number of nitrogens with two attached hydrogens (primary N) is 1. The Morgan fingerprint density at radius 1 is 1.54 bits per heavy atom. The fourth-order valence-electron chi connectivity index (χ4n) is 1.18. The Balaban J connectivity index is 2.10. The third kappa shape index (κ3) is 1.96. The second-order valence-electron chi connectivity index (χ2n) is 2.82. The van der Waals surface area contributed by atoms with Gasteiger partial charge in [-0.1, -0.05) is 6.07 Å². The Morgan fingerprint density at radius 2 is 2.46 bits per heavy atom.